The minimum absolute atomic E-state index is 0.102. The summed E-state index contributed by atoms with van der Waals surface area (Å²) in [4.78, 5) is 13.6. The lowest BCUT2D eigenvalue weighted by atomic mass is 9.81. The summed E-state index contributed by atoms with van der Waals surface area (Å²) in [6.45, 7) is 0.884. The zero-order chi connectivity index (χ0) is 11.3. The highest BCUT2D eigenvalue weighted by Gasteiger charge is 2.46. The molecular formula is C13H14BrNO. The van der Waals surface area contributed by atoms with Crippen LogP contribution in [0.25, 0.3) is 0 Å². The Bertz CT molecular complexity index is 471. The molecule has 1 aromatic carbocycles. The Morgan fingerprint density at radius 3 is 2.94 bits per heavy atom. The average Bonchev–Trinajstić information content (AvgIpc) is 2.71. The summed E-state index contributed by atoms with van der Waals surface area (Å²) in [5.41, 5.74) is 2.91. The smallest absolute Gasteiger partial charge is 0.223 e. The Morgan fingerprint density at radius 2 is 2.25 bits per heavy atom. The van der Waals surface area contributed by atoms with E-state index in [9.17, 15) is 4.79 Å². The van der Waals surface area contributed by atoms with Gasteiger partial charge in [0, 0.05) is 29.9 Å². The molecule has 3 heteroatoms. The minimum Gasteiger partial charge on any atom is -0.345 e. The normalized spacial score (nSPS) is 27.9. The number of hydrogen-bond acceptors (Lipinski definition) is 1. The maximum absolute atomic E-state index is 11.7. The second-order valence-corrected chi connectivity index (χ2v) is 5.92. The number of benzene rings is 1. The third-order valence-corrected chi connectivity index (χ3v) is 4.46. The van der Waals surface area contributed by atoms with Crippen molar-refractivity contribution in [3.05, 3.63) is 33.8 Å². The minimum atomic E-state index is 0.102. The molecule has 1 aliphatic carbocycles. The van der Waals surface area contributed by atoms with Gasteiger partial charge in [-0.3, -0.25) is 4.79 Å². The summed E-state index contributed by atoms with van der Waals surface area (Å²) in [5.74, 6) is 0.285. The lowest BCUT2D eigenvalue weighted by molar-refractivity contribution is -0.126. The van der Waals surface area contributed by atoms with Gasteiger partial charge < -0.3 is 4.90 Å². The van der Waals surface area contributed by atoms with Gasteiger partial charge >= 0.3 is 0 Å². The number of rotatable bonds is 0. The molecule has 84 valence electrons. The Morgan fingerprint density at radius 1 is 1.44 bits per heavy atom. The second-order valence-electron chi connectivity index (χ2n) is 5.01. The van der Waals surface area contributed by atoms with Crippen LogP contribution in [0.5, 0.6) is 0 Å². The molecule has 0 saturated carbocycles. The number of amides is 1. The average molecular weight is 280 g/mol. The van der Waals surface area contributed by atoms with Crippen molar-refractivity contribution in [2.24, 2.45) is 0 Å². The maximum atomic E-state index is 11.7. The number of halogens is 1. The van der Waals surface area contributed by atoms with Gasteiger partial charge in [-0.05, 0) is 36.1 Å². The molecule has 1 unspecified atom stereocenters. The molecule has 0 radical (unpaired) electrons. The molecule has 1 aliphatic heterocycles. The predicted octanol–water partition coefficient (Wildman–Crippen LogP) is 2.50. The lowest BCUT2D eigenvalue weighted by Gasteiger charge is -2.23. The molecule has 0 aromatic heterocycles. The van der Waals surface area contributed by atoms with E-state index in [0.717, 1.165) is 23.9 Å². The van der Waals surface area contributed by atoms with E-state index in [1.807, 2.05) is 11.9 Å². The topological polar surface area (TPSA) is 20.3 Å². The van der Waals surface area contributed by atoms with E-state index in [2.05, 4.69) is 34.1 Å². The molecule has 1 heterocycles. The quantitative estimate of drug-likeness (QED) is 0.715. The third kappa shape index (κ3) is 1.34. The van der Waals surface area contributed by atoms with Crippen molar-refractivity contribution in [2.45, 2.75) is 24.7 Å². The summed E-state index contributed by atoms with van der Waals surface area (Å²) in [6.07, 6.45) is 2.92. The van der Waals surface area contributed by atoms with Crippen LogP contribution in [-0.4, -0.2) is 24.4 Å². The maximum Gasteiger partial charge on any atom is 0.223 e. The number of carbonyl (C=O) groups excluding carboxylic acids is 1. The fourth-order valence-electron chi connectivity index (χ4n) is 3.14. The first kappa shape index (κ1) is 10.3. The molecule has 2 nitrogen and oxygen atoms in total. The van der Waals surface area contributed by atoms with E-state index in [1.54, 1.807) is 0 Å². The number of hydrogen-bond donors (Lipinski definition) is 0. The fourth-order valence-corrected chi connectivity index (χ4v) is 3.50. The summed E-state index contributed by atoms with van der Waals surface area (Å²) in [6, 6.07) is 6.49. The van der Waals surface area contributed by atoms with Gasteiger partial charge in [0.1, 0.15) is 0 Å². The molecule has 16 heavy (non-hydrogen) atoms. The number of carbonyl (C=O) groups is 1. The Hall–Kier alpha value is -0.830. The van der Waals surface area contributed by atoms with Gasteiger partial charge in [0.2, 0.25) is 5.91 Å². The molecule has 0 N–H and O–H groups in total. The molecule has 1 saturated heterocycles. The molecule has 2 aliphatic rings. The van der Waals surface area contributed by atoms with E-state index < -0.39 is 0 Å². The van der Waals surface area contributed by atoms with Gasteiger partial charge in [-0.25, -0.2) is 0 Å². The summed E-state index contributed by atoms with van der Waals surface area (Å²) in [5, 5.41) is 0. The highest BCUT2D eigenvalue weighted by molar-refractivity contribution is 9.10. The van der Waals surface area contributed by atoms with Gasteiger partial charge in [0.05, 0.1) is 0 Å². The van der Waals surface area contributed by atoms with Gasteiger partial charge in [-0.2, -0.15) is 0 Å². The van der Waals surface area contributed by atoms with Gasteiger partial charge in [-0.15, -0.1) is 0 Å². The number of likely N-dealkylation sites (N-methyl/N-ethyl adjacent to an activating group) is 1. The highest BCUT2D eigenvalue weighted by Crippen LogP contribution is 2.46. The van der Waals surface area contributed by atoms with E-state index in [4.69, 9.17) is 0 Å². The molecule has 1 amide bonds. The molecule has 0 bridgehead atoms. The highest BCUT2D eigenvalue weighted by atomic mass is 79.9. The zero-order valence-electron chi connectivity index (χ0n) is 9.29. The van der Waals surface area contributed by atoms with Crippen LogP contribution in [0.1, 0.15) is 24.0 Å². The van der Waals surface area contributed by atoms with Crippen molar-refractivity contribution in [1.82, 2.24) is 4.90 Å². The first-order valence-corrected chi connectivity index (χ1v) is 6.43. The van der Waals surface area contributed by atoms with Crippen LogP contribution in [0.2, 0.25) is 0 Å². The lowest BCUT2D eigenvalue weighted by Crippen LogP contribution is -2.27. The van der Waals surface area contributed by atoms with Crippen LogP contribution in [0.3, 0.4) is 0 Å². The SMILES string of the molecule is CN1CC2(CCc3ccc(Br)cc32)CC1=O. The van der Waals surface area contributed by atoms with Crippen LogP contribution in [-0.2, 0) is 16.6 Å². The third-order valence-electron chi connectivity index (χ3n) is 3.97. The molecule has 1 atom stereocenters. The van der Waals surface area contributed by atoms with E-state index in [-0.39, 0.29) is 11.3 Å². The first-order valence-electron chi connectivity index (χ1n) is 5.64. The molecule has 1 aromatic rings. The van der Waals surface area contributed by atoms with E-state index in [1.165, 1.54) is 11.1 Å². The van der Waals surface area contributed by atoms with Crippen molar-refractivity contribution in [3.63, 3.8) is 0 Å². The monoisotopic (exact) mass is 279 g/mol. The Balaban J connectivity index is 2.09. The fraction of sp³-hybridized carbons (Fsp3) is 0.462. The molecule has 1 fully saturated rings. The van der Waals surface area contributed by atoms with E-state index in [0.29, 0.717) is 6.42 Å². The summed E-state index contributed by atoms with van der Waals surface area (Å²) >= 11 is 3.53. The largest absolute Gasteiger partial charge is 0.345 e. The van der Waals surface area contributed by atoms with Crippen LogP contribution in [0.4, 0.5) is 0 Å². The molecule has 3 rings (SSSR count). The Kier molecular flexibility index (Phi) is 2.15. The first-order chi connectivity index (χ1) is 7.61. The predicted molar refractivity (Wildman–Crippen MR) is 66.4 cm³/mol. The molecule has 1 spiro atoms. The Labute approximate surface area is 104 Å². The van der Waals surface area contributed by atoms with Crippen LogP contribution in [0, 0.1) is 0 Å². The van der Waals surface area contributed by atoms with Gasteiger partial charge in [0.15, 0.2) is 0 Å². The van der Waals surface area contributed by atoms with Crippen molar-refractivity contribution < 1.29 is 4.79 Å². The van der Waals surface area contributed by atoms with Crippen molar-refractivity contribution >= 4 is 21.8 Å². The summed E-state index contributed by atoms with van der Waals surface area (Å²) in [7, 11) is 1.91. The number of likely N-dealkylation sites (tertiary alicyclic amines) is 1. The number of aryl methyl sites for hydroxylation is 1. The number of nitrogens with zero attached hydrogens (tertiary/aromatic N) is 1. The van der Waals surface area contributed by atoms with Crippen molar-refractivity contribution in [2.75, 3.05) is 13.6 Å². The van der Waals surface area contributed by atoms with Crippen molar-refractivity contribution in [3.8, 4) is 0 Å². The number of fused-ring (bicyclic) bond motifs is 2. The van der Waals surface area contributed by atoms with Gasteiger partial charge in [-0.1, -0.05) is 22.0 Å². The van der Waals surface area contributed by atoms with Crippen LogP contribution < -0.4 is 0 Å². The standard InChI is InChI=1S/C13H14BrNO/c1-15-8-13(7-12(15)16)5-4-9-2-3-10(14)6-11(9)13/h2-3,6H,4-5,7-8H2,1H3. The zero-order valence-corrected chi connectivity index (χ0v) is 10.9. The van der Waals surface area contributed by atoms with Gasteiger partial charge in [0.25, 0.3) is 0 Å². The molecular weight excluding hydrogens is 266 g/mol. The second kappa shape index (κ2) is 3.33. The van der Waals surface area contributed by atoms with Crippen LogP contribution >= 0.6 is 15.9 Å². The van der Waals surface area contributed by atoms with Crippen molar-refractivity contribution in [1.29, 1.82) is 0 Å². The summed E-state index contributed by atoms with van der Waals surface area (Å²) < 4.78 is 1.12. The van der Waals surface area contributed by atoms with E-state index >= 15 is 0 Å². The van der Waals surface area contributed by atoms with Crippen LogP contribution in [0.15, 0.2) is 22.7 Å².